The van der Waals surface area contributed by atoms with Crippen LogP contribution in [0.5, 0.6) is 0 Å². The van der Waals surface area contributed by atoms with E-state index in [4.69, 9.17) is 0 Å². The summed E-state index contributed by atoms with van der Waals surface area (Å²) in [5.41, 5.74) is 3.10. The van der Waals surface area contributed by atoms with Crippen LogP contribution in [0.2, 0.25) is 0 Å². The van der Waals surface area contributed by atoms with Gasteiger partial charge in [-0.15, -0.1) is 0 Å². The Morgan fingerprint density at radius 3 is 2.32 bits per heavy atom. The summed E-state index contributed by atoms with van der Waals surface area (Å²) in [6.45, 7) is 7.99. The second-order valence-corrected chi connectivity index (χ2v) is 6.77. The Hall–Kier alpha value is -2.14. The van der Waals surface area contributed by atoms with E-state index in [2.05, 4.69) is 36.0 Å². The summed E-state index contributed by atoms with van der Waals surface area (Å²) in [5, 5.41) is 4.21. The molecular weight excluding hydrogens is 312 g/mol. The molecule has 1 amide bonds. The van der Waals surface area contributed by atoms with Crippen LogP contribution >= 0.6 is 0 Å². The van der Waals surface area contributed by atoms with E-state index in [9.17, 15) is 4.79 Å². The standard InChI is InChI=1S/C20H28N4O/c1-4-23(5-2)14-16-6-8-17(9-7-16)20(25)24(18-10-11-18)15-19-12-13-21-22(19)3/h6-9,12-13,18H,4-5,10-11,14-15H2,1-3H3. The Balaban J connectivity index is 1.70. The first-order chi connectivity index (χ1) is 12.1. The molecule has 0 spiro atoms. The lowest BCUT2D eigenvalue weighted by atomic mass is 10.1. The maximum absolute atomic E-state index is 13.0. The molecule has 2 aromatic rings. The lowest BCUT2D eigenvalue weighted by Gasteiger charge is -2.23. The summed E-state index contributed by atoms with van der Waals surface area (Å²) < 4.78 is 1.84. The second-order valence-electron chi connectivity index (χ2n) is 6.77. The van der Waals surface area contributed by atoms with Crippen LogP contribution in [0.25, 0.3) is 0 Å². The van der Waals surface area contributed by atoms with Crippen molar-refractivity contribution in [1.29, 1.82) is 0 Å². The van der Waals surface area contributed by atoms with Crippen LogP contribution in [-0.4, -0.2) is 44.6 Å². The number of aromatic nitrogens is 2. The van der Waals surface area contributed by atoms with Crippen molar-refractivity contribution in [2.75, 3.05) is 13.1 Å². The van der Waals surface area contributed by atoms with Crippen molar-refractivity contribution < 1.29 is 4.79 Å². The minimum atomic E-state index is 0.123. The van der Waals surface area contributed by atoms with Gasteiger partial charge in [0.15, 0.2) is 0 Å². The number of carbonyl (C=O) groups excluding carboxylic acids is 1. The third-order valence-corrected chi connectivity index (χ3v) is 5.00. The van der Waals surface area contributed by atoms with Crippen LogP contribution in [0.1, 0.15) is 48.3 Å². The summed E-state index contributed by atoms with van der Waals surface area (Å²) in [4.78, 5) is 17.4. The number of carbonyl (C=O) groups is 1. The predicted octanol–water partition coefficient (Wildman–Crippen LogP) is 3.07. The molecule has 0 bridgehead atoms. The van der Waals surface area contributed by atoms with E-state index in [1.165, 1.54) is 5.56 Å². The van der Waals surface area contributed by atoms with Gasteiger partial charge in [0.05, 0.1) is 12.2 Å². The third-order valence-electron chi connectivity index (χ3n) is 5.00. The van der Waals surface area contributed by atoms with E-state index in [-0.39, 0.29) is 5.91 Å². The van der Waals surface area contributed by atoms with Crippen molar-refractivity contribution in [3.8, 4) is 0 Å². The van der Waals surface area contributed by atoms with E-state index in [0.29, 0.717) is 12.6 Å². The molecule has 1 aromatic carbocycles. The van der Waals surface area contributed by atoms with E-state index < -0.39 is 0 Å². The first kappa shape index (κ1) is 17.7. The molecule has 1 aliphatic carbocycles. The normalized spacial score (nSPS) is 14.1. The average molecular weight is 340 g/mol. The van der Waals surface area contributed by atoms with Gasteiger partial charge in [0.2, 0.25) is 0 Å². The number of amides is 1. The Labute approximate surface area is 150 Å². The van der Waals surface area contributed by atoms with E-state index in [1.54, 1.807) is 6.20 Å². The SMILES string of the molecule is CCN(CC)Cc1ccc(C(=O)N(Cc2ccnn2C)C2CC2)cc1. The zero-order valence-electron chi connectivity index (χ0n) is 15.5. The van der Waals surface area contributed by atoms with Gasteiger partial charge in [-0.05, 0) is 49.7 Å². The summed E-state index contributed by atoms with van der Waals surface area (Å²) in [6.07, 6.45) is 3.99. The molecule has 1 aromatic heterocycles. The lowest BCUT2D eigenvalue weighted by Crippen LogP contribution is -2.33. The first-order valence-electron chi connectivity index (χ1n) is 9.21. The van der Waals surface area contributed by atoms with E-state index in [0.717, 1.165) is 43.7 Å². The molecule has 0 saturated heterocycles. The monoisotopic (exact) mass is 340 g/mol. The van der Waals surface area contributed by atoms with Gasteiger partial charge < -0.3 is 4.90 Å². The Morgan fingerprint density at radius 2 is 1.80 bits per heavy atom. The number of hydrogen-bond acceptors (Lipinski definition) is 3. The smallest absolute Gasteiger partial charge is 0.254 e. The molecule has 0 radical (unpaired) electrons. The second kappa shape index (κ2) is 7.83. The molecule has 1 heterocycles. The van der Waals surface area contributed by atoms with Crippen LogP contribution in [0.4, 0.5) is 0 Å². The van der Waals surface area contributed by atoms with Gasteiger partial charge in [0.25, 0.3) is 5.91 Å². The fourth-order valence-corrected chi connectivity index (χ4v) is 3.11. The minimum absolute atomic E-state index is 0.123. The van der Waals surface area contributed by atoms with Crippen molar-refractivity contribution in [3.63, 3.8) is 0 Å². The number of hydrogen-bond donors (Lipinski definition) is 0. The van der Waals surface area contributed by atoms with E-state index >= 15 is 0 Å². The van der Waals surface area contributed by atoms with Crippen LogP contribution < -0.4 is 0 Å². The minimum Gasteiger partial charge on any atom is -0.330 e. The van der Waals surface area contributed by atoms with Crippen molar-refractivity contribution in [3.05, 3.63) is 53.3 Å². The predicted molar refractivity (Wildman–Crippen MR) is 99.2 cm³/mol. The average Bonchev–Trinajstić information content (AvgIpc) is 3.40. The Bertz CT molecular complexity index is 699. The quantitative estimate of drug-likeness (QED) is 0.742. The largest absolute Gasteiger partial charge is 0.330 e. The molecule has 1 fully saturated rings. The van der Waals surface area contributed by atoms with Gasteiger partial charge in [0.1, 0.15) is 0 Å². The number of rotatable bonds is 8. The van der Waals surface area contributed by atoms with Crippen LogP contribution in [0.15, 0.2) is 36.5 Å². The van der Waals surface area contributed by atoms with Gasteiger partial charge in [-0.25, -0.2) is 0 Å². The molecule has 1 aliphatic rings. The molecule has 25 heavy (non-hydrogen) atoms. The number of aryl methyl sites for hydroxylation is 1. The molecular formula is C20H28N4O. The van der Waals surface area contributed by atoms with Crippen molar-refractivity contribution in [1.82, 2.24) is 19.6 Å². The molecule has 0 atom stereocenters. The summed E-state index contributed by atoms with van der Waals surface area (Å²) >= 11 is 0. The highest BCUT2D eigenvalue weighted by Gasteiger charge is 2.33. The summed E-state index contributed by atoms with van der Waals surface area (Å²) in [7, 11) is 1.92. The number of benzene rings is 1. The van der Waals surface area contributed by atoms with Gasteiger partial charge in [-0.2, -0.15) is 5.10 Å². The molecule has 3 rings (SSSR count). The summed E-state index contributed by atoms with van der Waals surface area (Å²) in [6, 6.07) is 10.5. The van der Waals surface area contributed by atoms with E-state index in [1.807, 2.05) is 34.8 Å². The van der Waals surface area contributed by atoms with Crippen LogP contribution in [0.3, 0.4) is 0 Å². The van der Waals surface area contributed by atoms with Crippen molar-refractivity contribution >= 4 is 5.91 Å². The Kier molecular flexibility index (Phi) is 5.53. The molecule has 134 valence electrons. The highest BCUT2D eigenvalue weighted by Crippen LogP contribution is 2.29. The zero-order chi connectivity index (χ0) is 17.8. The molecule has 0 aliphatic heterocycles. The number of nitrogens with zero attached hydrogens (tertiary/aromatic N) is 4. The molecule has 0 N–H and O–H groups in total. The van der Waals surface area contributed by atoms with Crippen molar-refractivity contribution in [2.24, 2.45) is 7.05 Å². The van der Waals surface area contributed by atoms with Gasteiger partial charge >= 0.3 is 0 Å². The van der Waals surface area contributed by atoms with Gasteiger partial charge in [-0.1, -0.05) is 26.0 Å². The molecule has 1 saturated carbocycles. The lowest BCUT2D eigenvalue weighted by molar-refractivity contribution is 0.0726. The topological polar surface area (TPSA) is 41.4 Å². The third kappa shape index (κ3) is 4.28. The maximum atomic E-state index is 13.0. The highest BCUT2D eigenvalue weighted by molar-refractivity contribution is 5.94. The fraction of sp³-hybridized carbons (Fsp3) is 0.500. The molecule has 5 heteroatoms. The van der Waals surface area contributed by atoms with Gasteiger partial charge in [0, 0.05) is 31.4 Å². The maximum Gasteiger partial charge on any atom is 0.254 e. The Morgan fingerprint density at radius 1 is 1.12 bits per heavy atom. The molecule has 5 nitrogen and oxygen atoms in total. The highest BCUT2D eigenvalue weighted by atomic mass is 16.2. The van der Waals surface area contributed by atoms with Crippen molar-refractivity contribution in [2.45, 2.75) is 45.8 Å². The first-order valence-corrected chi connectivity index (χ1v) is 9.21. The van der Waals surface area contributed by atoms with Crippen LogP contribution in [-0.2, 0) is 20.1 Å². The zero-order valence-corrected chi connectivity index (χ0v) is 15.5. The fourth-order valence-electron chi connectivity index (χ4n) is 3.11. The van der Waals surface area contributed by atoms with Crippen LogP contribution in [0, 0.1) is 0 Å². The molecule has 0 unspecified atom stereocenters. The van der Waals surface area contributed by atoms with Gasteiger partial charge in [-0.3, -0.25) is 14.4 Å². The summed E-state index contributed by atoms with van der Waals surface area (Å²) in [5.74, 6) is 0.123.